The lowest BCUT2D eigenvalue weighted by Gasteiger charge is -2.29. The molecule has 0 N–H and O–H groups in total. The van der Waals surface area contributed by atoms with Crippen LogP contribution < -0.4 is 0 Å². The van der Waals surface area contributed by atoms with Crippen molar-refractivity contribution in [2.75, 3.05) is 14.2 Å². The number of rotatable bonds is 8. The Hall–Kier alpha value is -1.39. The van der Waals surface area contributed by atoms with Crippen LogP contribution in [0.2, 0.25) is 0 Å². The van der Waals surface area contributed by atoms with Gasteiger partial charge in [-0.2, -0.15) is 0 Å². The van der Waals surface area contributed by atoms with Crippen LogP contribution in [0, 0.1) is 0 Å². The Labute approximate surface area is 152 Å². The molecule has 2 aromatic carbocycles. The lowest BCUT2D eigenvalue weighted by molar-refractivity contribution is -0.126. The molecule has 0 aromatic heterocycles. The molecule has 0 amide bonds. The van der Waals surface area contributed by atoms with Gasteiger partial charge in [-0.1, -0.05) is 83.9 Å². The molecule has 2 unspecified atom stereocenters. The van der Waals surface area contributed by atoms with Gasteiger partial charge in [0.2, 0.25) is 0 Å². The van der Waals surface area contributed by atoms with Crippen LogP contribution in [0.4, 0.5) is 0 Å². The first-order valence-corrected chi connectivity index (χ1v) is 8.30. The molecule has 0 aliphatic rings. The minimum atomic E-state index is -1.22. The van der Waals surface area contributed by atoms with Crippen molar-refractivity contribution in [2.45, 2.75) is 23.0 Å². The number of benzene rings is 2. The van der Waals surface area contributed by atoms with Crippen molar-refractivity contribution in [2.24, 2.45) is 0 Å². The fourth-order valence-electron chi connectivity index (χ4n) is 2.53. The molecule has 0 saturated carbocycles. The second-order valence-electron chi connectivity index (χ2n) is 5.49. The van der Waals surface area contributed by atoms with E-state index in [0.29, 0.717) is 0 Å². The van der Waals surface area contributed by atoms with E-state index in [1.54, 1.807) is 0 Å². The summed E-state index contributed by atoms with van der Waals surface area (Å²) >= 11 is 13.1. The monoisotopic (exact) mass is 366 g/mol. The molecule has 128 valence electrons. The molecule has 2 aromatic rings. The van der Waals surface area contributed by atoms with E-state index in [4.69, 9.17) is 32.7 Å². The second kappa shape index (κ2) is 8.13. The van der Waals surface area contributed by atoms with Crippen LogP contribution in [0.1, 0.15) is 24.0 Å². The second-order valence-corrected chi connectivity index (χ2v) is 6.71. The third-order valence-corrected chi connectivity index (χ3v) is 4.92. The molecule has 5 heteroatoms. The average molecular weight is 367 g/mol. The molecule has 0 heterocycles. The summed E-state index contributed by atoms with van der Waals surface area (Å²) in [6.07, 6.45) is -0.0283. The predicted molar refractivity (Wildman–Crippen MR) is 96.2 cm³/mol. The van der Waals surface area contributed by atoms with Crippen LogP contribution in [0.25, 0.3) is 0 Å². The van der Waals surface area contributed by atoms with Gasteiger partial charge >= 0.3 is 0 Å². The minimum absolute atomic E-state index is 0.0142. The van der Waals surface area contributed by atoms with E-state index < -0.39 is 10.1 Å². The van der Waals surface area contributed by atoms with Gasteiger partial charge in [-0.3, -0.25) is 4.79 Å². The van der Waals surface area contributed by atoms with Gasteiger partial charge in [0.05, 0.1) is 12.8 Å². The number of carbonyl (C=O) groups is 1. The Balaban J connectivity index is 2.16. The highest BCUT2D eigenvalue weighted by molar-refractivity contribution is 6.25. The first-order valence-electron chi connectivity index (χ1n) is 7.54. The summed E-state index contributed by atoms with van der Waals surface area (Å²) in [6.45, 7) is 0. The van der Waals surface area contributed by atoms with Crippen molar-refractivity contribution in [1.82, 2.24) is 0 Å². The lowest BCUT2D eigenvalue weighted by atomic mass is 9.97. The molecule has 0 saturated heterocycles. The van der Waals surface area contributed by atoms with E-state index in [-0.39, 0.29) is 18.6 Å². The number of carbonyl (C=O) groups excluding carboxylic acids is 1. The molecule has 0 fully saturated rings. The Morgan fingerprint density at radius 1 is 0.792 bits per heavy atom. The zero-order chi connectivity index (χ0) is 17.6. The summed E-state index contributed by atoms with van der Waals surface area (Å²) in [4.78, 5) is 12.6. The van der Waals surface area contributed by atoms with Crippen LogP contribution in [-0.4, -0.2) is 20.0 Å². The fraction of sp³-hybridized carbons (Fsp3) is 0.316. The number of methoxy groups -OCH3 is 2. The standard InChI is InChI=1S/C19H20Cl2O3/c1-23-18(20,15-9-5-3-6-10-15)13-17(22)14-19(21,24-2)16-11-7-4-8-12-16/h3-12H,13-14H2,1-2H3. The molecule has 0 aliphatic heterocycles. The van der Waals surface area contributed by atoms with E-state index in [2.05, 4.69) is 0 Å². The SMILES string of the molecule is COC(Cl)(CC(=O)CC(Cl)(OC)c1ccccc1)c1ccccc1. The summed E-state index contributed by atoms with van der Waals surface area (Å²) < 4.78 is 10.8. The van der Waals surface area contributed by atoms with Gasteiger partial charge in [-0.05, 0) is 11.1 Å². The summed E-state index contributed by atoms with van der Waals surface area (Å²) in [6, 6.07) is 18.4. The first-order chi connectivity index (χ1) is 11.4. The Bertz CT molecular complexity index is 605. The van der Waals surface area contributed by atoms with Crippen molar-refractivity contribution < 1.29 is 14.3 Å². The number of alkyl halides is 2. The summed E-state index contributed by atoms with van der Waals surface area (Å²) in [5.74, 6) is -0.156. The third kappa shape index (κ3) is 4.37. The predicted octanol–water partition coefficient (Wildman–Crippen LogP) is 4.81. The maximum atomic E-state index is 12.6. The Morgan fingerprint density at radius 3 is 1.42 bits per heavy atom. The van der Waals surface area contributed by atoms with E-state index in [1.807, 2.05) is 60.7 Å². The highest BCUT2D eigenvalue weighted by Gasteiger charge is 2.37. The zero-order valence-electron chi connectivity index (χ0n) is 13.7. The van der Waals surface area contributed by atoms with Crippen molar-refractivity contribution in [3.05, 3.63) is 71.8 Å². The number of ether oxygens (including phenoxy) is 2. The fourth-order valence-corrected chi connectivity index (χ4v) is 3.08. The van der Waals surface area contributed by atoms with Crippen LogP contribution in [-0.2, 0) is 24.4 Å². The number of Topliss-reactive ketones (excluding diaryl/α,β-unsaturated/α-hetero) is 1. The van der Waals surface area contributed by atoms with E-state index in [1.165, 1.54) is 14.2 Å². The van der Waals surface area contributed by atoms with Crippen molar-refractivity contribution >= 4 is 29.0 Å². The van der Waals surface area contributed by atoms with Crippen molar-refractivity contribution in [3.63, 3.8) is 0 Å². The summed E-state index contributed by atoms with van der Waals surface area (Å²) in [5, 5.41) is -2.44. The molecule has 3 nitrogen and oxygen atoms in total. The van der Waals surface area contributed by atoms with E-state index in [0.717, 1.165) is 11.1 Å². The summed E-state index contributed by atoms with van der Waals surface area (Å²) in [7, 11) is 2.96. The van der Waals surface area contributed by atoms with Crippen molar-refractivity contribution in [3.8, 4) is 0 Å². The molecular weight excluding hydrogens is 347 g/mol. The lowest BCUT2D eigenvalue weighted by Crippen LogP contribution is -2.30. The number of ketones is 1. The number of halogens is 2. The molecule has 0 bridgehead atoms. The number of hydrogen-bond donors (Lipinski definition) is 0. The Morgan fingerprint density at radius 2 is 1.12 bits per heavy atom. The topological polar surface area (TPSA) is 35.5 Å². The van der Waals surface area contributed by atoms with Gasteiger partial charge < -0.3 is 9.47 Å². The van der Waals surface area contributed by atoms with Gasteiger partial charge in [0.1, 0.15) is 5.78 Å². The van der Waals surface area contributed by atoms with Crippen LogP contribution in [0.3, 0.4) is 0 Å². The third-order valence-electron chi connectivity index (χ3n) is 3.91. The number of hydrogen-bond acceptors (Lipinski definition) is 3. The molecule has 2 rings (SSSR count). The highest BCUT2D eigenvalue weighted by atomic mass is 35.5. The Kier molecular flexibility index (Phi) is 6.41. The average Bonchev–Trinajstić information content (AvgIpc) is 2.62. The highest BCUT2D eigenvalue weighted by Crippen LogP contribution is 2.38. The minimum Gasteiger partial charge on any atom is -0.358 e. The van der Waals surface area contributed by atoms with E-state index >= 15 is 0 Å². The van der Waals surface area contributed by atoms with Crippen LogP contribution >= 0.6 is 23.2 Å². The van der Waals surface area contributed by atoms with Gasteiger partial charge in [-0.15, -0.1) is 0 Å². The molecule has 0 aliphatic carbocycles. The zero-order valence-corrected chi connectivity index (χ0v) is 15.2. The van der Waals surface area contributed by atoms with Gasteiger partial charge in [0, 0.05) is 14.2 Å². The van der Waals surface area contributed by atoms with Crippen molar-refractivity contribution in [1.29, 1.82) is 0 Å². The maximum absolute atomic E-state index is 12.6. The normalized spacial score (nSPS) is 16.2. The van der Waals surface area contributed by atoms with Gasteiger partial charge in [-0.25, -0.2) is 0 Å². The molecule has 0 spiro atoms. The molecular formula is C19H20Cl2O3. The first kappa shape index (κ1) is 18.9. The van der Waals surface area contributed by atoms with E-state index in [9.17, 15) is 4.79 Å². The smallest absolute Gasteiger partial charge is 0.173 e. The van der Waals surface area contributed by atoms with Gasteiger partial charge in [0.15, 0.2) is 10.1 Å². The molecule has 0 radical (unpaired) electrons. The maximum Gasteiger partial charge on any atom is 0.173 e. The molecule has 2 atom stereocenters. The van der Waals surface area contributed by atoms with Gasteiger partial charge in [0.25, 0.3) is 0 Å². The van der Waals surface area contributed by atoms with Crippen LogP contribution in [0.5, 0.6) is 0 Å². The summed E-state index contributed by atoms with van der Waals surface area (Å²) in [5.41, 5.74) is 1.44. The van der Waals surface area contributed by atoms with Crippen LogP contribution in [0.15, 0.2) is 60.7 Å². The largest absolute Gasteiger partial charge is 0.358 e. The molecule has 24 heavy (non-hydrogen) atoms. The quantitative estimate of drug-likeness (QED) is 0.628.